The molecule has 0 bridgehead atoms. The van der Waals surface area contributed by atoms with Crippen LogP contribution in [-0.2, 0) is 14.4 Å². The van der Waals surface area contributed by atoms with Gasteiger partial charge in [0.25, 0.3) is 0 Å². The fourth-order valence-corrected chi connectivity index (χ4v) is 3.70. The Labute approximate surface area is 174 Å². The van der Waals surface area contributed by atoms with Crippen LogP contribution in [0.1, 0.15) is 33.6 Å². The van der Waals surface area contributed by atoms with Crippen LogP contribution in [0.5, 0.6) is 0 Å². The number of Topliss-reactive ketones (excluding diaryl/α,β-unsaturated/α-hetero) is 1. The van der Waals surface area contributed by atoms with E-state index in [0.29, 0.717) is 38.8 Å². The standard InChI is InChI=1S/C20H38N4O5/c1-17(2)24-9-5-8-23(16-20(28)29)11-10-22(15-19(26)27)7-4-6-21(12-13-24)14-18(3)25/h17H,4-16H2,1-3H3,(H,26,27)(H,28,29). The molecule has 9 nitrogen and oxygen atoms in total. The molecule has 2 N–H and O–H groups in total. The molecule has 1 rings (SSSR count). The number of hydrogen-bond acceptors (Lipinski definition) is 7. The third kappa shape index (κ3) is 11.9. The van der Waals surface area contributed by atoms with Gasteiger partial charge in [-0.25, -0.2) is 0 Å². The lowest BCUT2D eigenvalue weighted by molar-refractivity contribution is -0.140. The van der Waals surface area contributed by atoms with Gasteiger partial charge in [0.2, 0.25) is 0 Å². The van der Waals surface area contributed by atoms with E-state index in [1.807, 2.05) is 9.80 Å². The second-order valence-corrected chi connectivity index (χ2v) is 8.15. The molecule has 0 aliphatic carbocycles. The summed E-state index contributed by atoms with van der Waals surface area (Å²) in [5, 5.41) is 18.4. The number of ketones is 1. The average Bonchev–Trinajstić information content (AvgIpc) is 2.59. The Morgan fingerprint density at radius 1 is 0.690 bits per heavy atom. The highest BCUT2D eigenvalue weighted by Crippen LogP contribution is 2.05. The number of carboxylic acid groups (broad SMARTS) is 2. The SMILES string of the molecule is CC(=O)CN1CCCN(CC(=O)O)CCN(CC(=O)O)CCCN(C(C)C)CC1. The van der Waals surface area contributed by atoms with Gasteiger partial charge in [-0.1, -0.05) is 0 Å². The average molecular weight is 415 g/mol. The van der Waals surface area contributed by atoms with Crippen molar-refractivity contribution in [3.05, 3.63) is 0 Å². The zero-order valence-corrected chi connectivity index (χ0v) is 18.2. The first-order valence-corrected chi connectivity index (χ1v) is 10.5. The van der Waals surface area contributed by atoms with Gasteiger partial charge in [-0.05, 0) is 46.7 Å². The molecule has 0 saturated carbocycles. The summed E-state index contributed by atoms with van der Waals surface area (Å²) in [6.45, 7) is 11.8. The first-order valence-electron chi connectivity index (χ1n) is 10.5. The minimum absolute atomic E-state index is 0.0328. The van der Waals surface area contributed by atoms with Crippen molar-refractivity contribution in [2.45, 2.75) is 39.7 Å². The van der Waals surface area contributed by atoms with E-state index in [9.17, 15) is 24.6 Å². The van der Waals surface area contributed by atoms with Crippen molar-refractivity contribution in [1.82, 2.24) is 19.6 Å². The van der Waals surface area contributed by atoms with Crippen LogP contribution in [0.25, 0.3) is 0 Å². The van der Waals surface area contributed by atoms with Crippen molar-refractivity contribution < 1.29 is 24.6 Å². The van der Waals surface area contributed by atoms with Crippen LogP contribution in [0.15, 0.2) is 0 Å². The largest absolute Gasteiger partial charge is 0.480 e. The lowest BCUT2D eigenvalue weighted by Gasteiger charge is -2.32. The highest BCUT2D eigenvalue weighted by molar-refractivity contribution is 5.77. The molecule has 0 radical (unpaired) electrons. The molecule has 1 aliphatic heterocycles. The maximum atomic E-state index is 11.6. The van der Waals surface area contributed by atoms with Gasteiger partial charge in [-0.2, -0.15) is 0 Å². The topological polar surface area (TPSA) is 105 Å². The zero-order valence-electron chi connectivity index (χ0n) is 18.2. The van der Waals surface area contributed by atoms with Gasteiger partial charge >= 0.3 is 11.9 Å². The molecule has 0 unspecified atom stereocenters. The number of hydrogen-bond donors (Lipinski definition) is 2. The predicted octanol–water partition coefficient (Wildman–Crippen LogP) is 0.155. The Balaban J connectivity index is 2.85. The van der Waals surface area contributed by atoms with Crippen LogP contribution in [-0.4, -0.2) is 126 Å². The molecule has 0 amide bonds. The quantitative estimate of drug-likeness (QED) is 0.602. The van der Waals surface area contributed by atoms with Crippen LogP contribution >= 0.6 is 0 Å². The molecule has 29 heavy (non-hydrogen) atoms. The Morgan fingerprint density at radius 2 is 1.10 bits per heavy atom. The van der Waals surface area contributed by atoms with E-state index in [-0.39, 0.29) is 18.9 Å². The van der Waals surface area contributed by atoms with Gasteiger partial charge in [0.05, 0.1) is 19.6 Å². The third-order valence-corrected chi connectivity index (χ3v) is 5.20. The maximum absolute atomic E-state index is 11.6. The molecule has 0 aromatic carbocycles. The van der Waals surface area contributed by atoms with Crippen LogP contribution in [0.4, 0.5) is 0 Å². The smallest absolute Gasteiger partial charge is 0.317 e. The molecule has 1 fully saturated rings. The van der Waals surface area contributed by atoms with Crippen molar-refractivity contribution in [2.75, 3.05) is 72.0 Å². The normalized spacial score (nSPS) is 20.4. The highest BCUT2D eigenvalue weighted by Gasteiger charge is 2.18. The molecule has 1 aliphatic rings. The molecular weight excluding hydrogens is 376 g/mol. The summed E-state index contributed by atoms with van der Waals surface area (Å²) in [5.74, 6) is -1.62. The first kappa shape index (κ1) is 25.5. The summed E-state index contributed by atoms with van der Waals surface area (Å²) < 4.78 is 0. The minimum Gasteiger partial charge on any atom is -0.480 e. The van der Waals surface area contributed by atoms with E-state index in [4.69, 9.17) is 0 Å². The molecule has 0 aromatic rings. The van der Waals surface area contributed by atoms with Crippen molar-refractivity contribution in [1.29, 1.82) is 0 Å². The van der Waals surface area contributed by atoms with E-state index in [1.165, 1.54) is 0 Å². The van der Waals surface area contributed by atoms with Gasteiger partial charge in [-0.15, -0.1) is 0 Å². The number of rotatable bonds is 7. The number of nitrogens with zero attached hydrogens (tertiary/aromatic N) is 4. The minimum atomic E-state index is -0.885. The lowest BCUT2D eigenvalue weighted by atomic mass is 10.2. The Hall–Kier alpha value is -1.55. The van der Waals surface area contributed by atoms with Crippen molar-refractivity contribution in [2.24, 2.45) is 0 Å². The van der Waals surface area contributed by atoms with E-state index < -0.39 is 11.9 Å². The Bertz CT molecular complexity index is 529. The fourth-order valence-electron chi connectivity index (χ4n) is 3.70. The summed E-state index contributed by atoms with van der Waals surface area (Å²) in [6.07, 6.45) is 1.61. The molecule has 0 atom stereocenters. The van der Waals surface area contributed by atoms with Crippen molar-refractivity contribution in [3.63, 3.8) is 0 Å². The second kappa shape index (κ2) is 13.6. The predicted molar refractivity (Wildman–Crippen MR) is 111 cm³/mol. The van der Waals surface area contributed by atoms with Gasteiger partial charge < -0.3 is 10.2 Å². The molecule has 9 heteroatoms. The highest BCUT2D eigenvalue weighted by atomic mass is 16.4. The fraction of sp³-hybridized carbons (Fsp3) is 0.850. The van der Waals surface area contributed by atoms with E-state index in [1.54, 1.807) is 6.92 Å². The van der Waals surface area contributed by atoms with Gasteiger partial charge in [0.1, 0.15) is 5.78 Å². The summed E-state index contributed by atoms with van der Waals surface area (Å²) in [6, 6.07) is 0.376. The van der Waals surface area contributed by atoms with E-state index in [2.05, 4.69) is 23.6 Å². The van der Waals surface area contributed by atoms with Crippen LogP contribution in [0.2, 0.25) is 0 Å². The van der Waals surface area contributed by atoms with Gasteiger partial charge in [0.15, 0.2) is 0 Å². The Kier molecular flexibility index (Phi) is 12.0. The molecule has 1 saturated heterocycles. The third-order valence-electron chi connectivity index (χ3n) is 5.20. The van der Waals surface area contributed by atoms with Crippen LogP contribution in [0, 0.1) is 0 Å². The van der Waals surface area contributed by atoms with E-state index in [0.717, 1.165) is 39.0 Å². The lowest BCUT2D eigenvalue weighted by Crippen LogP contribution is -2.45. The summed E-state index contributed by atoms with van der Waals surface area (Å²) >= 11 is 0. The monoisotopic (exact) mass is 414 g/mol. The summed E-state index contributed by atoms with van der Waals surface area (Å²) in [4.78, 5) is 42.3. The van der Waals surface area contributed by atoms with Crippen molar-refractivity contribution in [3.8, 4) is 0 Å². The molecule has 0 aromatic heterocycles. The molecule has 0 spiro atoms. The second-order valence-electron chi connectivity index (χ2n) is 8.15. The maximum Gasteiger partial charge on any atom is 0.317 e. The number of carbonyl (C=O) groups excluding carboxylic acids is 1. The molecule has 1 heterocycles. The number of carboxylic acids is 2. The zero-order chi connectivity index (χ0) is 21.8. The summed E-state index contributed by atoms with van der Waals surface area (Å²) in [7, 11) is 0. The van der Waals surface area contributed by atoms with Crippen LogP contribution < -0.4 is 0 Å². The molecule has 168 valence electrons. The number of aliphatic carboxylic acids is 2. The first-order chi connectivity index (χ1) is 13.7. The van der Waals surface area contributed by atoms with Gasteiger partial charge in [0, 0.05) is 45.3 Å². The Morgan fingerprint density at radius 3 is 1.52 bits per heavy atom. The molecular formula is C20H38N4O5. The van der Waals surface area contributed by atoms with Crippen molar-refractivity contribution >= 4 is 17.7 Å². The van der Waals surface area contributed by atoms with Gasteiger partial charge in [-0.3, -0.25) is 34.0 Å². The van der Waals surface area contributed by atoms with Crippen LogP contribution in [0.3, 0.4) is 0 Å². The van der Waals surface area contributed by atoms with E-state index >= 15 is 0 Å². The summed E-state index contributed by atoms with van der Waals surface area (Å²) in [5.41, 5.74) is 0. The number of carbonyl (C=O) groups is 3.